The second-order valence-corrected chi connectivity index (χ2v) is 9.34. The number of likely N-dealkylation sites (tertiary alicyclic amines) is 1. The third-order valence-electron chi connectivity index (χ3n) is 7.14. The molecule has 2 amide bonds. The van der Waals surface area contributed by atoms with Gasteiger partial charge >= 0.3 is 5.97 Å². The van der Waals surface area contributed by atoms with Crippen LogP contribution in [0.1, 0.15) is 63.4 Å². The normalized spacial score (nSPS) is 19.8. The molecule has 1 aromatic carbocycles. The molecule has 8 heteroatoms. The SMILES string of the molecule is COc1ccc(CCN(CC(=O)O)C(=O)CCCC(=O)N2CCCC3CCCCC32)cc1OC. The molecular formula is C26H38N2O6. The van der Waals surface area contributed by atoms with Crippen molar-refractivity contribution in [3.05, 3.63) is 23.8 Å². The van der Waals surface area contributed by atoms with Crippen molar-refractivity contribution in [2.75, 3.05) is 33.9 Å². The van der Waals surface area contributed by atoms with Gasteiger partial charge in [-0.3, -0.25) is 14.4 Å². The van der Waals surface area contributed by atoms with Crippen LogP contribution in [0.4, 0.5) is 0 Å². The second-order valence-electron chi connectivity index (χ2n) is 9.34. The highest BCUT2D eigenvalue weighted by Gasteiger charge is 2.35. The van der Waals surface area contributed by atoms with E-state index in [1.807, 2.05) is 12.1 Å². The van der Waals surface area contributed by atoms with Gasteiger partial charge in [0.1, 0.15) is 6.54 Å². The number of carbonyl (C=O) groups excluding carboxylic acids is 2. The lowest BCUT2D eigenvalue weighted by molar-refractivity contribution is -0.144. The lowest BCUT2D eigenvalue weighted by atomic mass is 9.78. The van der Waals surface area contributed by atoms with Crippen molar-refractivity contribution in [2.24, 2.45) is 5.92 Å². The van der Waals surface area contributed by atoms with Crippen molar-refractivity contribution < 1.29 is 29.0 Å². The van der Waals surface area contributed by atoms with E-state index >= 15 is 0 Å². The number of piperidine rings is 1. The number of methoxy groups -OCH3 is 2. The number of aliphatic carboxylic acids is 1. The largest absolute Gasteiger partial charge is 0.493 e. The van der Waals surface area contributed by atoms with Crippen LogP contribution in [-0.4, -0.2) is 72.6 Å². The molecule has 1 N–H and O–H groups in total. The van der Waals surface area contributed by atoms with Gasteiger partial charge < -0.3 is 24.4 Å². The van der Waals surface area contributed by atoms with E-state index in [9.17, 15) is 19.5 Å². The molecule has 1 saturated carbocycles. The van der Waals surface area contributed by atoms with Crippen LogP contribution < -0.4 is 9.47 Å². The van der Waals surface area contributed by atoms with Crippen LogP contribution in [0.5, 0.6) is 11.5 Å². The first kappa shape index (κ1) is 25.8. The molecule has 2 aliphatic rings. The molecule has 1 aliphatic heterocycles. The van der Waals surface area contributed by atoms with Gasteiger partial charge in [-0.05, 0) is 62.1 Å². The van der Waals surface area contributed by atoms with Crippen LogP contribution in [0.2, 0.25) is 0 Å². The van der Waals surface area contributed by atoms with E-state index in [1.165, 1.54) is 30.6 Å². The van der Waals surface area contributed by atoms with Crippen molar-refractivity contribution in [1.29, 1.82) is 0 Å². The van der Waals surface area contributed by atoms with Crippen LogP contribution >= 0.6 is 0 Å². The third kappa shape index (κ3) is 6.87. The number of hydrogen-bond donors (Lipinski definition) is 1. The highest BCUT2D eigenvalue weighted by atomic mass is 16.5. The smallest absolute Gasteiger partial charge is 0.323 e. The Labute approximate surface area is 202 Å². The summed E-state index contributed by atoms with van der Waals surface area (Å²) < 4.78 is 10.6. The first-order valence-electron chi connectivity index (χ1n) is 12.4. The minimum absolute atomic E-state index is 0.138. The number of benzene rings is 1. The zero-order valence-corrected chi connectivity index (χ0v) is 20.5. The van der Waals surface area contributed by atoms with E-state index in [-0.39, 0.29) is 31.3 Å². The molecule has 188 valence electrons. The van der Waals surface area contributed by atoms with Crippen LogP contribution in [0.3, 0.4) is 0 Å². The van der Waals surface area contributed by atoms with Crippen LogP contribution in [0.25, 0.3) is 0 Å². The van der Waals surface area contributed by atoms with Crippen molar-refractivity contribution in [3.8, 4) is 11.5 Å². The summed E-state index contributed by atoms with van der Waals surface area (Å²) in [7, 11) is 3.12. The summed E-state index contributed by atoms with van der Waals surface area (Å²) in [5.41, 5.74) is 0.920. The number of fused-ring (bicyclic) bond motifs is 1. The average Bonchev–Trinajstić information content (AvgIpc) is 2.85. The Bertz CT molecular complexity index is 856. The Morgan fingerprint density at radius 2 is 1.76 bits per heavy atom. The van der Waals surface area contributed by atoms with E-state index in [4.69, 9.17) is 9.47 Å². The molecule has 0 bridgehead atoms. The molecule has 34 heavy (non-hydrogen) atoms. The molecule has 3 rings (SSSR count). The second kappa shape index (κ2) is 12.6. The average molecular weight is 475 g/mol. The third-order valence-corrected chi connectivity index (χ3v) is 7.14. The summed E-state index contributed by atoms with van der Waals surface area (Å²) in [4.78, 5) is 40.5. The summed E-state index contributed by atoms with van der Waals surface area (Å²) in [6, 6.07) is 5.87. The fourth-order valence-corrected chi connectivity index (χ4v) is 5.38. The number of ether oxygens (including phenoxy) is 2. The predicted molar refractivity (Wildman–Crippen MR) is 128 cm³/mol. The van der Waals surface area contributed by atoms with Gasteiger partial charge in [-0.1, -0.05) is 18.9 Å². The van der Waals surface area contributed by atoms with E-state index in [0.29, 0.717) is 42.7 Å². The lowest BCUT2D eigenvalue weighted by Crippen LogP contribution is -2.49. The summed E-state index contributed by atoms with van der Waals surface area (Å²) in [5.74, 6) is 0.698. The van der Waals surface area contributed by atoms with Gasteiger partial charge in [0.25, 0.3) is 0 Å². The minimum atomic E-state index is -1.05. The lowest BCUT2D eigenvalue weighted by Gasteiger charge is -2.44. The molecule has 0 radical (unpaired) electrons. The van der Waals surface area contributed by atoms with Crippen molar-refractivity contribution in [1.82, 2.24) is 9.80 Å². The first-order valence-corrected chi connectivity index (χ1v) is 12.4. The Balaban J connectivity index is 1.51. The number of hydrogen-bond acceptors (Lipinski definition) is 5. The molecule has 1 aromatic rings. The molecule has 1 heterocycles. The molecule has 0 spiro atoms. The number of rotatable bonds is 11. The first-order chi connectivity index (χ1) is 16.4. The highest BCUT2D eigenvalue weighted by molar-refractivity contribution is 5.82. The maximum absolute atomic E-state index is 12.9. The molecule has 1 aliphatic carbocycles. The van der Waals surface area contributed by atoms with E-state index < -0.39 is 5.97 Å². The molecule has 2 unspecified atom stereocenters. The summed E-state index contributed by atoms with van der Waals surface area (Å²) in [6.07, 6.45) is 8.50. The fourth-order valence-electron chi connectivity index (χ4n) is 5.38. The number of amides is 2. The van der Waals surface area contributed by atoms with E-state index in [2.05, 4.69) is 4.90 Å². The van der Waals surface area contributed by atoms with Gasteiger partial charge in [0.2, 0.25) is 11.8 Å². The van der Waals surface area contributed by atoms with Crippen molar-refractivity contribution in [3.63, 3.8) is 0 Å². The van der Waals surface area contributed by atoms with E-state index in [1.54, 1.807) is 20.3 Å². The Hall–Kier alpha value is -2.77. The summed E-state index contributed by atoms with van der Waals surface area (Å²) in [5, 5.41) is 9.28. The van der Waals surface area contributed by atoms with Crippen molar-refractivity contribution >= 4 is 17.8 Å². The zero-order chi connectivity index (χ0) is 24.5. The monoisotopic (exact) mass is 474 g/mol. The standard InChI is InChI=1S/C26H38N2O6/c1-33-22-13-12-19(17-23(22)34-2)14-16-27(18-26(31)32)24(29)10-5-11-25(30)28-15-6-8-20-7-3-4-9-21(20)28/h12-13,17,20-21H,3-11,14-16,18H2,1-2H3,(H,31,32). The molecule has 8 nitrogen and oxygen atoms in total. The van der Waals surface area contributed by atoms with Crippen LogP contribution in [-0.2, 0) is 20.8 Å². The molecule has 0 aromatic heterocycles. The zero-order valence-electron chi connectivity index (χ0n) is 20.5. The van der Waals surface area contributed by atoms with Gasteiger partial charge in [0.15, 0.2) is 11.5 Å². The van der Waals surface area contributed by atoms with Gasteiger partial charge in [-0.15, -0.1) is 0 Å². The number of carboxylic acids is 1. The van der Waals surface area contributed by atoms with E-state index in [0.717, 1.165) is 24.9 Å². The molecule has 2 atom stereocenters. The molecule has 2 fully saturated rings. The highest BCUT2D eigenvalue weighted by Crippen LogP contribution is 2.35. The Morgan fingerprint density at radius 3 is 2.50 bits per heavy atom. The number of nitrogens with zero attached hydrogens (tertiary/aromatic N) is 2. The summed E-state index contributed by atoms with van der Waals surface area (Å²) in [6.45, 7) is 0.755. The van der Waals surface area contributed by atoms with Gasteiger partial charge in [0.05, 0.1) is 14.2 Å². The Morgan fingerprint density at radius 1 is 1.03 bits per heavy atom. The van der Waals surface area contributed by atoms with Crippen LogP contribution in [0, 0.1) is 5.92 Å². The van der Waals surface area contributed by atoms with Gasteiger partial charge in [0, 0.05) is 32.0 Å². The van der Waals surface area contributed by atoms with Crippen LogP contribution in [0.15, 0.2) is 18.2 Å². The minimum Gasteiger partial charge on any atom is -0.493 e. The summed E-state index contributed by atoms with van der Waals surface area (Å²) >= 11 is 0. The number of carboxylic acid groups (broad SMARTS) is 1. The quantitative estimate of drug-likeness (QED) is 0.527. The maximum Gasteiger partial charge on any atom is 0.323 e. The maximum atomic E-state index is 12.9. The fraction of sp³-hybridized carbons (Fsp3) is 0.654. The van der Waals surface area contributed by atoms with Crippen molar-refractivity contribution in [2.45, 2.75) is 70.3 Å². The predicted octanol–water partition coefficient (Wildman–Crippen LogP) is 3.51. The van der Waals surface area contributed by atoms with Gasteiger partial charge in [-0.25, -0.2) is 0 Å². The topological polar surface area (TPSA) is 96.4 Å². The molecular weight excluding hydrogens is 436 g/mol. The number of carbonyl (C=O) groups is 3. The Kier molecular flexibility index (Phi) is 9.60. The van der Waals surface area contributed by atoms with Gasteiger partial charge in [-0.2, -0.15) is 0 Å². The molecule has 1 saturated heterocycles.